The average Bonchev–Trinajstić information content (AvgIpc) is 2.35. The van der Waals surface area contributed by atoms with Crippen molar-refractivity contribution in [2.45, 2.75) is 0 Å². The average molecular weight is 264 g/mol. The van der Waals surface area contributed by atoms with E-state index in [1.165, 1.54) is 0 Å². The molecule has 18 heavy (non-hydrogen) atoms. The van der Waals surface area contributed by atoms with E-state index in [2.05, 4.69) is 22.1 Å². The number of benzene rings is 1. The van der Waals surface area contributed by atoms with E-state index < -0.39 is 5.97 Å². The first-order valence-electron chi connectivity index (χ1n) is 5.15. The summed E-state index contributed by atoms with van der Waals surface area (Å²) in [6.45, 7) is 3.81. The molecular formula is C12H10ClN3O2. The van der Waals surface area contributed by atoms with Gasteiger partial charge in [-0.2, -0.15) is 0 Å². The zero-order valence-corrected chi connectivity index (χ0v) is 10.1. The molecule has 1 aromatic heterocycles. The molecule has 2 aromatic rings. The van der Waals surface area contributed by atoms with Gasteiger partial charge in [0.1, 0.15) is 0 Å². The smallest absolute Gasteiger partial charge is 0.358 e. The van der Waals surface area contributed by atoms with Gasteiger partial charge in [-0.3, -0.25) is 0 Å². The summed E-state index contributed by atoms with van der Waals surface area (Å²) in [6.07, 6.45) is 0. The second-order valence-corrected chi connectivity index (χ2v) is 4.15. The molecular weight excluding hydrogens is 254 g/mol. The van der Waals surface area contributed by atoms with Gasteiger partial charge >= 0.3 is 5.97 Å². The van der Waals surface area contributed by atoms with Gasteiger partial charge in [-0.25, -0.2) is 4.79 Å². The molecule has 0 saturated heterocycles. The number of nitrogens with zero attached hydrogens (tertiary/aromatic N) is 2. The summed E-state index contributed by atoms with van der Waals surface area (Å²) < 4.78 is 0. The minimum absolute atomic E-state index is 0.133. The summed E-state index contributed by atoms with van der Waals surface area (Å²) in [6, 6.07) is 7.14. The van der Waals surface area contributed by atoms with Crippen molar-refractivity contribution in [3.63, 3.8) is 0 Å². The Bertz CT molecular complexity index is 628. The van der Waals surface area contributed by atoms with Crippen molar-refractivity contribution in [2.24, 2.45) is 0 Å². The third kappa shape index (κ3) is 2.41. The highest BCUT2D eigenvalue weighted by molar-refractivity contribution is 6.29. The minimum Gasteiger partial charge on any atom is -0.476 e. The van der Waals surface area contributed by atoms with Gasteiger partial charge in [0.25, 0.3) is 0 Å². The van der Waals surface area contributed by atoms with E-state index in [-0.39, 0.29) is 12.2 Å². The third-order valence-corrected chi connectivity index (χ3v) is 2.46. The number of aromatic carboxylic acids is 1. The van der Waals surface area contributed by atoms with Gasteiger partial charge in [-0.15, -0.1) is 10.2 Å². The fourth-order valence-electron chi connectivity index (χ4n) is 1.57. The first-order chi connectivity index (χ1) is 8.59. The maximum Gasteiger partial charge on any atom is 0.358 e. The number of carbonyl (C=O) groups is 1. The van der Waals surface area contributed by atoms with Gasteiger partial charge in [0.2, 0.25) is 0 Å². The molecule has 1 heterocycles. The molecule has 0 spiro atoms. The number of hydrogen-bond donors (Lipinski definition) is 2. The second-order valence-electron chi connectivity index (χ2n) is 3.62. The van der Waals surface area contributed by atoms with Crippen LogP contribution in [0.4, 0.5) is 5.69 Å². The molecule has 0 atom stereocenters. The number of nitrogens with one attached hydrogen (secondary N) is 1. The number of aromatic nitrogens is 2. The van der Waals surface area contributed by atoms with Crippen LogP contribution in [0, 0.1) is 0 Å². The Morgan fingerprint density at radius 3 is 2.78 bits per heavy atom. The zero-order chi connectivity index (χ0) is 13.1. The normalized spacial score (nSPS) is 10.3. The van der Waals surface area contributed by atoms with Crippen molar-refractivity contribution in [2.75, 3.05) is 11.9 Å². The van der Waals surface area contributed by atoms with E-state index in [4.69, 9.17) is 16.7 Å². The van der Waals surface area contributed by atoms with Crippen LogP contribution in [-0.4, -0.2) is 27.8 Å². The number of anilines is 1. The Hall–Kier alpha value is -2.14. The lowest BCUT2D eigenvalue weighted by atomic mass is 10.1. The van der Waals surface area contributed by atoms with Crippen molar-refractivity contribution in [3.05, 3.63) is 41.6 Å². The minimum atomic E-state index is -1.14. The van der Waals surface area contributed by atoms with E-state index in [0.717, 1.165) is 0 Å². The topological polar surface area (TPSA) is 75.1 Å². The third-order valence-electron chi connectivity index (χ3n) is 2.33. The predicted octanol–water partition coefficient (Wildman–Crippen LogP) is 2.49. The summed E-state index contributed by atoms with van der Waals surface area (Å²) >= 11 is 5.67. The summed E-state index contributed by atoms with van der Waals surface area (Å²) in [7, 11) is 0. The molecule has 5 nitrogen and oxygen atoms in total. The molecule has 0 fully saturated rings. The molecule has 6 heteroatoms. The van der Waals surface area contributed by atoms with E-state index in [0.29, 0.717) is 21.6 Å². The molecule has 0 radical (unpaired) electrons. The van der Waals surface area contributed by atoms with Gasteiger partial charge in [0.15, 0.2) is 5.69 Å². The maximum absolute atomic E-state index is 11.1. The lowest BCUT2D eigenvalue weighted by molar-refractivity contribution is 0.0690. The quantitative estimate of drug-likeness (QED) is 0.886. The zero-order valence-electron chi connectivity index (χ0n) is 9.35. The maximum atomic E-state index is 11.1. The Kier molecular flexibility index (Phi) is 3.43. The largest absolute Gasteiger partial charge is 0.476 e. The van der Waals surface area contributed by atoms with Crippen molar-refractivity contribution in [1.82, 2.24) is 10.2 Å². The number of carboxylic acids is 1. The van der Waals surface area contributed by atoms with E-state index in [1.807, 2.05) is 6.07 Å². The molecule has 92 valence electrons. The number of halogens is 1. The summed E-state index contributed by atoms with van der Waals surface area (Å²) in [4.78, 5) is 11.1. The van der Waals surface area contributed by atoms with Crippen LogP contribution in [0.2, 0.25) is 0 Å². The fourth-order valence-corrected chi connectivity index (χ4v) is 1.63. The van der Waals surface area contributed by atoms with Crippen LogP contribution < -0.4 is 5.32 Å². The van der Waals surface area contributed by atoms with Crippen LogP contribution >= 0.6 is 11.6 Å². The summed E-state index contributed by atoms with van der Waals surface area (Å²) in [5, 5.41) is 20.6. The fraction of sp³-hybridized carbons (Fsp3) is 0.0833. The van der Waals surface area contributed by atoms with Crippen LogP contribution in [-0.2, 0) is 0 Å². The molecule has 2 N–H and O–H groups in total. The SMILES string of the molecule is C=C(Cl)CNc1c(C(=O)O)nnc2ccccc12. The van der Waals surface area contributed by atoms with Crippen molar-refractivity contribution in [3.8, 4) is 0 Å². The number of fused-ring (bicyclic) bond motifs is 1. The van der Waals surface area contributed by atoms with Crippen molar-refractivity contribution < 1.29 is 9.90 Å². The Morgan fingerprint density at radius 2 is 2.11 bits per heavy atom. The Morgan fingerprint density at radius 1 is 1.39 bits per heavy atom. The molecule has 1 aromatic carbocycles. The summed E-state index contributed by atoms with van der Waals surface area (Å²) in [5.74, 6) is -1.14. The van der Waals surface area contributed by atoms with Crippen molar-refractivity contribution >= 4 is 34.2 Å². The molecule has 0 bridgehead atoms. The van der Waals surface area contributed by atoms with Gasteiger partial charge in [0.05, 0.1) is 17.7 Å². The van der Waals surface area contributed by atoms with Crippen LogP contribution in [0.1, 0.15) is 10.5 Å². The van der Waals surface area contributed by atoms with Gasteiger partial charge in [0, 0.05) is 10.4 Å². The molecule has 0 aliphatic rings. The molecule has 2 rings (SSSR count). The predicted molar refractivity (Wildman–Crippen MR) is 70.0 cm³/mol. The first-order valence-corrected chi connectivity index (χ1v) is 5.53. The first kappa shape index (κ1) is 12.3. The lowest BCUT2D eigenvalue weighted by Gasteiger charge is -2.10. The van der Waals surface area contributed by atoms with Gasteiger partial charge in [-0.05, 0) is 6.07 Å². The Labute approximate surface area is 108 Å². The Balaban J connectivity index is 2.58. The number of carboxylic acid groups (broad SMARTS) is 1. The van der Waals surface area contributed by atoms with Crippen molar-refractivity contribution in [1.29, 1.82) is 0 Å². The monoisotopic (exact) mass is 263 g/mol. The number of rotatable bonds is 4. The molecule has 0 unspecified atom stereocenters. The number of hydrogen-bond acceptors (Lipinski definition) is 4. The highest BCUT2D eigenvalue weighted by Gasteiger charge is 2.16. The van der Waals surface area contributed by atoms with Gasteiger partial charge in [-0.1, -0.05) is 36.4 Å². The molecule has 0 amide bonds. The second kappa shape index (κ2) is 5.01. The van der Waals surface area contributed by atoms with E-state index >= 15 is 0 Å². The highest BCUT2D eigenvalue weighted by Crippen LogP contribution is 2.24. The van der Waals surface area contributed by atoms with E-state index in [9.17, 15) is 4.79 Å². The van der Waals surface area contributed by atoms with Crippen LogP contribution in [0.3, 0.4) is 0 Å². The summed E-state index contributed by atoms with van der Waals surface area (Å²) in [5.41, 5.74) is 0.881. The molecule has 0 aliphatic heterocycles. The molecule has 0 aliphatic carbocycles. The van der Waals surface area contributed by atoms with Gasteiger partial charge < -0.3 is 10.4 Å². The highest BCUT2D eigenvalue weighted by atomic mass is 35.5. The van der Waals surface area contributed by atoms with Crippen LogP contribution in [0.15, 0.2) is 35.9 Å². The molecule has 0 saturated carbocycles. The van der Waals surface area contributed by atoms with E-state index in [1.54, 1.807) is 18.2 Å². The van der Waals surface area contributed by atoms with Crippen LogP contribution in [0.5, 0.6) is 0 Å². The van der Waals surface area contributed by atoms with Crippen LogP contribution in [0.25, 0.3) is 10.9 Å². The lowest BCUT2D eigenvalue weighted by Crippen LogP contribution is -2.11. The standard InChI is InChI=1S/C12H10ClN3O2/c1-7(13)6-14-10-8-4-2-3-5-9(8)15-16-11(10)12(17)18/h2-5H,1,6H2,(H,14,15)(H,17,18).